The van der Waals surface area contributed by atoms with Gasteiger partial charge < -0.3 is 10.8 Å². The maximum atomic E-state index is 10.2. The Hall–Kier alpha value is -1.30. The van der Waals surface area contributed by atoms with Gasteiger partial charge in [-0.15, -0.1) is 0 Å². The van der Waals surface area contributed by atoms with E-state index in [1.165, 1.54) is 0 Å². The molecular formula is C3H7N3O3. The van der Waals surface area contributed by atoms with Gasteiger partial charge in [-0.05, 0) is 0 Å². The molecule has 9 heavy (non-hydrogen) atoms. The zero-order chi connectivity index (χ0) is 7.28. The van der Waals surface area contributed by atoms with Crippen LogP contribution in [0.2, 0.25) is 0 Å². The van der Waals surface area contributed by atoms with Gasteiger partial charge in [0.25, 0.3) is 5.91 Å². The summed E-state index contributed by atoms with van der Waals surface area (Å²) in [5.74, 6) is -0.572. The predicted molar refractivity (Wildman–Crippen MR) is 28.4 cm³/mol. The van der Waals surface area contributed by atoms with Gasteiger partial charge in [-0.1, -0.05) is 0 Å². The van der Waals surface area contributed by atoms with Crippen molar-refractivity contribution < 1.29 is 14.7 Å². The van der Waals surface area contributed by atoms with E-state index in [2.05, 4.69) is 0 Å². The number of nitrogens with two attached hydrogens (primary N) is 1. The summed E-state index contributed by atoms with van der Waals surface area (Å²) in [6, 6.07) is 0. The molecule has 6 heteroatoms. The fourth-order valence-electron chi connectivity index (χ4n) is 0.174. The average molecular weight is 133 g/mol. The van der Waals surface area contributed by atoms with E-state index in [-0.39, 0.29) is 6.54 Å². The lowest BCUT2D eigenvalue weighted by Gasteiger charge is -1.99. The Morgan fingerprint density at radius 3 is 2.33 bits per heavy atom. The molecule has 0 aromatic rings. The molecule has 5 N–H and O–H groups in total. The second kappa shape index (κ2) is 3.67. The first-order chi connectivity index (χ1) is 4.16. The number of amides is 2. The number of hydrogen-bond acceptors (Lipinski definition) is 3. The summed E-state index contributed by atoms with van der Waals surface area (Å²) in [5.41, 5.74) is 8.26. The van der Waals surface area contributed by atoms with Crippen molar-refractivity contribution in [2.75, 3.05) is 6.54 Å². The lowest BCUT2D eigenvalue weighted by atomic mass is 10.6. The SMILES string of the molecule is NCC(=O)NNC(=O)O. The maximum absolute atomic E-state index is 10.2. The van der Waals surface area contributed by atoms with E-state index in [4.69, 9.17) is 10.8 Å². The molecule has 6 nitrogen and oxygen atoms in total. The van der Waals surface area contributed by atoms with Crippen LogP contribution in [-0.2, 0) is 4.79 Å². The lowest BCUT2D eigenvalue weighted by Crippen LogP contribution is -2.43. The van der Waals surface area contributed by atoms with Crippen LogP contribution in [0.3, 0.4) is 0 Å². The van der Waals surface area contributed by atoms with Gasteiger partial charge in [0.1, 0.15) is 0 Å². The third-order valence-corrected chi connectivity index (χ3v) is 0.494. The third-order valence-electron chi connectivity index (χ3n) is 0.494. The van der Waals surface area contributed by atoms with Crippen LogP contribution >= 0.6 is 0 Å². The van der Waals surface area contributed by atoms with Crippen LogP contribution in [-0.4, -0.2) is 23.7 Å². The summed E-state index contributed by atoms with van der Waals surface area (Å²) in [6.07, 6.45) is -1.32. The molecule has 0 aliphatic carbocycles. The summed E-state index contributed by atoms with van der Waals surface area (Å²) in [5, 5.41) is 7.89. The summed E-state index contributed by atoms with van der Waals surface area (Å²) in [7, 11) is 0. The number of hydrazine groups is 1. The van der Waals surface area contributed by atoms with E-state index < -0.39 is 12.0 Å². The normalized spacial score (nSPS) is 8.11. The average Bonchev–Trinajstić information content (AvgIpc) is 1.83. The number of carboxylic acid groups (broad SMARTS) is 1. The highest BCUT2D eigenvalue weighted by Crippen LogP contribution is 1.55. The lowest BCUT2D eigenvalue weighted by molar-refractivity contribution is -0.120. The summed E-state index contributed by atoms with van der Waals surface area (Å²) in [6.45, 7) is -0.236. The molecule has 0 heterocycles. The zero-order valence-corrected chi connectivity index (χ0v) is 4.55. The standard InChI is InChI=1S/C3H7N3O3/c4-1-2(7)5-6-3(8)9/h6H,1,4H2,(H,5,7)(H,8,9). The number of hydrogen-bond donors (Lipinski definition) is 4. The van der Waals surface area contributed by atoms with Gasteiger partial charge in [0.15, 0.2) is 0 Å². The van der Waals surface area contributed by atoms with Gasteiger partial charge in [-0.2, -0.15) is 0 Å². The van der Waals surface area contributed by atoms with Gasteiger partial charge in [-0.3, -0.25) is 10.2 Å². The topological polar surface area (TPSA) is 104 Å². The Balaban J connectivity index is 3.28. The van der Waals surface area contributed by atoms with Crippen LogP contribution in [0.15, 0.2) is 0 Å². The summed E-state index contributed by atoms with van der Waals surface area (Å²) in [4.78, 5) is 19.8. The minimum Gasteiger partial charge on any atom is -0.464 e. The van der Waals surface area contributed by atoms with Crippen LogP contribution in [0.4, 0.5) is 4.79 Å². The first-order valence-corrected chi connectivity index (χ1v) is 2.14. The van der Waals surface area contributed by atoms with E-state index >= 15 is 0 Å². The van der Waals surface area contributed by atoms with Crippen molar-refractivity contribution in [3.8, 4) is 0 Å². The fraction of sp³-hybridized carbons (Fsp3) is 0.333. The Morgan fingerprint density at radius 1 is 1.44 bits per heavy atom. The van der Waals surface area contributed by atoms with Crippen LogP contribution in [0.5, 0.6) is 0 Å². The predicted octanol–water partition coefficient (Wildman–Crippen LogP) is -1.76. The van der Waals surface area contributed by atoms with Gasteiger partial charge in [-0.25, -0.2) is 10.2 Å². The van der Waals surface area contributed by atoms with Gasteiger partial charge in [0.05, 0.1) is 6.54 Å². The molecule has 0 radical (unpaired) electrons. The summed E-state index contributed by atoms with van der Waals surface area (Å²) < 4.78 is 0. The molecule has 0 spiro atoms. The molecule has 0 aromatic heterocycles. The van der Waals surface area contributed by atoms with Crippen LogP contribution in [0.25, 0.3) is 0 Å². The minimum atomic E-state index is -1.32. The zero-order valence-electron chi connectivity index (χ0n) is 4.55. The van der Waals surface area contributed by atoms with E-state index in [0.717, 1.165) is 0 Å². The van der Waals surface area contributed by atoms with Crippen LogP contribution in [0, 0.1) is 0 Å². The Kier molecular flexibility index (Phi) is 3.14. The molecule has 0 saturated heterocycles. The maximum Gasteiger partial charge on any atom is 0.423 e. The Labute approximate surface area is 51.0 Å². The fourth-order valence-corrected chi connectivity index (χ4v) is 0.174. The van der Waals surface area contributed by atoms with E-state index in [1.807, 2.05) is 5.43 Å². The van der Waals surface area contributed by atoms with Crippen molar-refractivity contribution in [2.45, 2.75) is 0 Å². The summed E-state index contributed by atoms with van der Waals surface area (Å²) >= 11 is 0. The van der Waals surface area contributed by atoms with Crippen molar-refractivity contribution >= 4 is 12.0 Å². The molecule has 0 aliphatic rings. The van der Waals surface area contributed by atoms with Crippen molar-refractivity contribution in [3.63, 3.8) is 0 Å². The van der Waals surface area contributed by atoms with Crippen LogP contribution in [0.1, 0.15) is 0 Å². The van der Waals surface area contributed by atoms with Crippen LogP contribution < -0.4 is 16.6 Å². The number of rotatable bonds is 1. The molecular weight excluding hydrogens is 126 g/mol. The van der Waals surface area contributed by atoms with Gasteiger partial charge >= 0.3 is 6.09 Å². The molecule has 0 fully saturated rings. The van der Waals surface area contributed by atoms with E-state index in [0.29, 0.717) is 0 Å². The monoisotopic (exact) mass is 133 g/mol. The number of carbonyl (C=O) groups excluding carboxylic acids is 1. The third kappa shape index (κ3) is 4.56. The van der Waals surface area contributed by atoms with Gasteiger partial charge in [0, 0.05) is 0 Å². The highest BCUT2D eigenvalue weighted by molar-refractivity contribution is 5.79. The molecule has 0 bridgehead atoms. The highest BCUT2D eigenvalue weighted by Gasteiger charge is 1.96. The van der Waals surface area contributed by atoms with Crippen molar-refractivity contribution in [1.29, 1.82) is 0 Å². The molecule has 0 saturated carbocycles. The minimum absolute atomic E-state index is 0.236. The first kappa shape index (κ1) is 7.70. The highest BCUT2D eigenvalue weighted by atomic mass is 16.4. The smallest absolute Gasteiger partial charge is 0.423 e. The first-order valence-electron chi connectivity index (χ1n) is 2.14. The molecule has 0 aliphatic heterocycles. The van der Waals surface area contributed by atoms with E-state index in [9.17, 15) is 9.59 Å². The second-order valence-electron chi connectivity index (χ2n) is 1.18. The molecule has 0 atom stereocenters. The molecule has 0 aromatic carbocycles. The molecule has 2 amide bonds. The Bertz CT molecular complexity index is 123. The number of carbonyl (C=O) groups is 2. The molecule has 0 unspecified atom stereocenters. The largest absolute Gasteiger partial charge is 0.464 e. The number of nitrogens with one attached hydrogen (secondary N) is 2. The van der Waals surface area contributed by atoms with E-state index in [1.54, 1.807) is 5.43 Å². The van der Waals surface area contributed by atoms with Crippen molar-refractivity contribution in [3.05, 3.63) is 0 Å². The second-order valence-corrected chi connectivity index (χ2v) is 1.18. The van der Waals surface area contributed by atoms with Crippen molar-refractivity contribution in [1.82, 2.24) is 10.9 Å². The Morgan fingerprint density at radius 2 is 2.00 bits per heavy atom. The molecule has 0 rings (SSSR count). The van der Waals surface area contributed by atoms with Crippen molar-refractivity contribution in [2.24, 2.45) is 5.73 Å². The molecule has 52 valence electrons. The van der Waals surface area contributed by atoms with Gasteiger partial charge in [0.2, 0.25) is 0 Å². The quantitative estimate of drug-likeness (QED) is 0.318.